The normalized spacial score (nSPS) is 9.29. The Morgan fingerprint density at radius 3 is 3.14 bits per heavy atom. The number of hydrogen-bond donors (Lipinski definition) is 0. The molecule has 0 aliphatic heterocycles. The number of rotatable bonds is 1. The molecule has 1 rings (SSSR count). The Balaban J connectivity index is 2.76. The number of aromatic nitrogens is 1. The van der Waals surface area contributed by atoms with Crippen LogP contribution in [0.2, 0.25) is 0 Å². The molecule has 1 aromatic heterocycles. The summed E-state index contributed by atoms with van der Waals surface area (Å²) in [5, 5.41) is 2.89. The van der Waals surface area contributed by atoms with Gasteiger partial charge in [0.15, 0.2) is 0 Å². The molecule has 0 saturated carbocycles. The largest absolute Gasteiger partial charge is 0.237 e. The van der Waals surface area contributed by atoms with E-state index in [1.54, 1.807) is 29.3 Å². The van der Waals surface area contributed by atoms with Gasteiger partial charge >= 0.3 is 0 Å². The fourth-order valence-corrected chi connectivity index (χ4v) is 1.22. The minimum absolute atomic E-state index is 1.08. The minimum atomic E-state index is 1.08. The Bertz CT molecular complexity index is 124. The van der Waals surface area contributed by atoms with E-state index in [0.29, 0.717) is 0 Å². The number of thiazole rings is 1. The van der Waals surface area contributed by atoms with Crippen LogP contribution in [0.1, 0.15) is 0 Å². The second kappa shape index (κ2) is 2.33. The van der Waals surface area contributed by atoms with Crippen molar-refractivity contribution in [1.29, 1.82) is 0 Å². The molecule has 0 saturated heterocycles. The number of hydrogen-bond acceptors (Lipinski definition) is 3. The first-order chi connectivity index (χ1) is 3.43. The monoisotopic (exact) mass is 130 g/mol. The second-order valence-corrected chi connectivity index (χ2v) is 2.83. The number of nitrogens with zero attached hydrogens (tertiary/aromatic N) is 1. The van der Waals surface area contributed by atoms with Crippen molar-refractivity contribution in [3.8, 4) is 0 Å². The fourth-order valence-electron chi connectivity index (χ4n) is 0.277. The molecule has 0 bridgehead atoms. The molecule has 1 heterocycles. The molecule has 0 aliphatic rings. The van der Waals surface area contributed by atoms with Crippen LogP contribution in [0.3, 0.4) is 0 Å². The van der Waals surface area contributed by atoms with Crippen LogP contribution in [0.25, 0.3) is 0 Å². The van der Waals surface area contributed by atoms with Crippen molar-refractivity contribution in [2.45, 2.75) is 4.34 Å². The van der Waals surface area contributed by atoms with Crippen molar-refractivity contribution in [3.63, 3.8) is 0 Å². The van der Waals surface area contributed by atoms with Gasteiger partial charge in [-0.1, -0.05) is 11.8 Å². The van der Waals surface area contributed by atoms with Crippen LogP contribution in [0, 0.1) is 5.38 Å². The summed E-state index contributed by atoms with van der Waals surface area (Å²) in [5.41, 5.74) is 0. The summed E-state index contributed by atoms with van der Waals surface area (Å²) in [6.45, 7) is 0. The Morgan fingerprint density at radius 1 is 2.00 bits per heavy atom. The third kappa shape index (κ3) is 1.17. The zero-order valence-corrected chi connectivity index (χ0v) is 5.47. The summed E-state index contributed by atoms with van der Waals surface area (Å²) >= 11 is 3.20. The van der Waals surface area contributed by atoms with Crippen LogP contribution in [0.5, 0.6) is 0 Å². The zero-order chi connectivity index (χ0) is 5.11. The lowest BCUT2D eigenvalue weighted by Crippen LogP contribution is -1.57. The minimum Gasteiger partial charge on any atom is -0.237 e. The first kappa shape index (κ1) is 5.12. The van der Waals surface area contributed by atoms with Crippen molar-refractivity contribution in [3.05, 3.63) is 11.6 Å². The first-order valence-electron chi connectivity index (χ1n) is 1.79. The molecule has 0 fully saturated rings. The van der Waals surface area contributed by atoms with Crippen LogP contribution >= 0.6 is 23.1 Å². The highest BCUT2D eigenvalue weighted by Gasteiger charge is 1.86. The molecule has 1 nitrogen and oxygen atoms in total. The van der Waals surface area contributed by atoms with E-state index in [1.165, 1.54) is 0 Å². The van der Waals surface area contributed by atoms with Gasteiger partial charge in [-0.25, -0.2) is 4.98 Å². The predicted molar refractivity (Wildman–Crippen MR) is 32.7 cm³/mol. The predicted octanol–water partition coefficient (Wildman–Crippen LogP) is 1.67. The highest BCUT2D eigenvalue weighted by Crippen LogP contribution is 2.14. The Hall–Kier alpha value is -0.0200. The van der Waals surface area contributed by atoms with Crippen LogP contribution in [-0.2, 0) is 0 Å². The highest BCUT2D eigenvalue weighted by molar-refractivity contribution is 8.00. The van der Waals surface area contributed by atoms with Crippen molar-refractivity contribution < 1.29 is 0 Å². The zero-order valence-electron chi connectivity index (χ0n) is 3.84. The van der Waals surface area contributed by atoms with Crippen molar-refractivity contribution >= 4 is 23.1 Å². The SMILES string of the molecule is CSc1nc[c]s1. The smallest absolute Gasteiger partial charge is 0.150 e. The lowest BCUT2D eigenvalue weighted by atomic mass is 11.0. The van der Waals surface area contributed by atoms with Gasteiger partial charge in [-0.05, 0) is 6.26 Å². The van der Waals surface area contributed by atoms with Crippen molar-refractivity contribution in [1.82, 2.24) is 4.98 Å². The van der Waals surface area contributed by atoms with Gasteiger partial charge in [0.1, 0.15) is 4.34 Å². The lowest BCUT2D eigenvalue weighted by molar-refractivity contribution is 1.25. The lowest BCUT2D eigenvalue weighted by Gasteiger charge is -1.76. The maximum Gasteiger partial charge on any atom is 0.150 e. The molecule has 0 aliphatic carbocycles. The summed E-state index contributed by atoms with van der Waals surface area (Å²) in [7, 11) is 0. The van der Waals surface area contributed by atoms with Gasteiger partial charge in [0, 0.05) is 6.20 Å². The van der Waals surface area contributed by atoms with Crippen LogP contribution < -0.4 is 0 Å². The third-order valence-electron chi connectivity index (χ3n) is 0.544. The van der Waals surface area contributed by atoms with Gasteiger partial charge in [-0.15, -0.1) is 11.3 Å². The summed E-state index contributed by atoms with van der Waals surface area (Å²) in [5.74, 6) is 0. The van der Waals surface area contributed by atoms with Crippen LogP contribution in [-0.4, -0.2) is 11.2 Å². The quantitative estimate of drug-likeness (QED) is 0.536. The van der Waals surface area contributed by atoms with E-state index in [-0.39, 0.29) is 0 Å². The standard InChI is InChI=1S/C4H4NS2/c1-6-4-5-2-3-7-4/h2H,1H3. The average Bonchev–Trinajstić information content (AvgIpc) is 2.14. The molecule has 0 amide bonds. The summed E-state index contributed by atoms with van der Waals surface area (Å²) in [6.07, 6.45) is 3.70. The molecule has 0 N–H and O–H groups in total. The van der Waals surface area contributed by atoms with Gasteiger partial charge in [-0.3, -0.25) is 0 Å². The highest BCUT2D eigenvalue weighted by atomic mass is 32.2. The first-order valence-corrected chi connectivity index (χ1v) is 3.83. The van der Waals surface area contributed by atoms with Gasteiger partial charge in [0.25, 0.3) is 0 Å². The van der Waals surface area contributed by atoms with E-state index < -0.39 is 0 Å². The molecule has 1 radical (unpaired) electrons. The summed E-state index contributed by atoms with van der Waals surface area (Å²) in [6, 6.07) is 0. The van der Waals surface area contributed by atoms with Gasteiger partial charge in [0.2, 0.25) is 0 Å². The van der Waals surface area contributed by atoms with Gasteiger partial charge in [0.05, 0.1) is 5.38 Å². The molecule has 37 valence electrons. The van der Waals surface area contributed by atoms with E-state index in [2.05, 4.69) is 10.4 Å². The van der Waals surface area contributed by atoms with E-state index in [1.807, 2.05) is 6.26 Å². The Morgan fingerprint density at radius 2 is 2.86 bits per heavy atom. The number of thioether (sulfide) groups is 1. The van der Waals surface area contributed by atoms with E-state index in [9.17, 15) is 0 Å². The molecule has 0 spiro atoms. The molecule has 0 atom stereocenters. The van der Waals surface area contributed by atoms with Crippen molar-refractivity contribution in [2.75, 3.05) is 6.26 Å². The van der Waals surface area contributed by atoms with Gasteiger partial charge in [-0.2, -0.15) is 0 Å². The molecular weight excluding hydrogens is 126 g/mol. The summed E-state index contributed by atoms with van der Waals surface area (Å²) < 4.78 is 1.08. The summed E-state index contributed by atoms with van der Waals surface area (Å²) in [4.78, 5) is 3.96. The fraction of sp³-hybridized carbons (Fsp3) is 0.250. The average molecular weight is 130 g/mol. The van der Waals surface area contributed by atoms with E-state index >= 15 is 0 Å². The van der Waals surface area contributed by atoms with E-state index in [0.717, 1.165) is 4.34 Å². The molecule has 3 heteroatoms. The topological polar surface area (TPSA) is 12.9 Å². The maximum atomic E-state index is 3.96. The molecule has 0 unspecified atom stereocenters. The van der Waals surface area contributed by atoms with E-state index in [4.69, 9.17) is 0 Å². The van der Waals surface area contributed by atoms with Crippen LogP contribution in [0.4, 0.5) is 0 Å². The Labute approximate surface area is 50.8 Å². The molecule has 1 aromatic rings. The van der Waals surface area contributed by atoms with Gasteiger partial charge < -0.3 is 0 Å². The third-order valence-corrected chi connectivity index (χ3v) is 2.25. The van der Waals surface area contributed by atoms with Crippen molar-refractivity contribution in [2.24, 2.45) is 0 Å². The van der Waals surface area contributed by atoms with Crippen LogP contribution in [0.15, 0.2) is 10.5 Å². The molecular formula is C4H4NS2. The molecule has 0 aromatic carbocycles. The Kier molecular flexibility index (Phi) is 1.70. The second-order valence-electron chi connectivity index (χ2n) is 0.948. The maximum absolute atomic E-state index is 3.96. The molecule has 7 heavy (non-hydrogen) atoms.